The molecule has 0 aromatic carbocycles. The van der Waals surface area contributed by atoms with Gasteiger partial charge in [-0.1, -0.05) is 90.6 Å². The summed E-state index contributed by atoms with van der Waals surface area (Å²) in [6, 6.07) is 0.937. The first-order valence-electron chi connectivity index (χ1n) is 10.1. The van der Waals surface area contributed by atoms with Gasteiger partial charge in [0, 0.05) is 13.2 Å². The second-order valence-corrected chi connectivity index (χ2v) is 10.4. The molecule has 0 amide bonds. The van der Waals surface area contributed by atoms with Crippen molar-refractivity contribution in [1.82, 2.24) is 0 Å². The van der Waals surface area contributed by atoms with Crippen LogP contribution in [-0.4, -0.2) is 28.4 Å². The lowest BCUT2D eigenvalue weighted by Gasteiger charge is -2.24. The largest absolute Gasteiger partial charge is 0.436 e. The molecule has 0 radical (unpaired) electrons. The summed E-state index contributed by atoms with van der Waals surface area (Å²) in [5, 5.41) is 0. The Morgan fingerprint density at radius 3 is 1.84 bits per heavy atom. The van der Waals surface area contributed by atoms with E-state index in [1.165, 1.54) is 70.6 Å². The summed E-state index contributed by atoms with van der Waals surface area (Å²) in [6.07, 6.45) is 17.2. The van der Waals surface area contributed by atoms with Crippen LogP contribution in [0.2, 0.25) is 12.6 Å². The van der Waals surface area contributed by atoms with Gasteiger partial charge in [0.2, 0.25) is 0 Å². The molecule has 4 nitrogen and oxygen atoms in total. The van der Waals surface area contributed by atoms with Crippen molar-refractivity contribution in [3.05, 3.63) is 12.7 Å². The second-order valence-electron chi connectivity index (χ2n) is 6.91. The van der Waals surface area contributed by atoms with Gasteiger partial charge in [-0.3, -0.25) is 0 Å². The molecule has 0 aliphatic heterocycles. The maximum atomic E-state index is 11.0. The predicted molar refractivity (Wildman–Crippen MR) is 107 cm³/mol. The average Bonchev–Trinajstić information content (AvgIpc) is 2.62. The molecule has 25 heavy (non-hydrogen) atoms. The molecule has 0 N–H and O–H groups in total. The van der Waals surface area contributed by atoms with Crippen LogP contribution < -0.4 is 0 Å². The van der Waals surface area contributed by atoms with E-state index >= 15 is 0 Å². The Labute approximate surface area is 156 Å². The monoisotopic (exact) mass is 372 g/mol. The third kappa shape index (κ3) is 15.3. The van der Waals surface area contributed by atoms with Gasteiger partial charge in [0.15, 0.2) is 6.79 Å². The van der Waals surface area contributed by atoms with Gasteiger partial charge in [-0.25, -0.2) is 4.79 Å². The first kappa shape index (κ1) is 24.3. The molecule has 1 unspecified atom stereocenters. The highest BCUT2D eigenvalue weighted by atomic mass is 28.4. The molecule has 0 aromatic heterocycles. The Balaban J connectivity index is 3.51. The van der Waals surface area contributed by atoms with Crippen LogP contribution in [0, 0.1) is 0 Å². The van der Waals surface area contributed by atoms with E-state index in [1.807, 2.05) is 6.55 Å². The lowest BCUT2D eigenvalue weighted by molar-refractivity contribution is -0.145. The van der Waals surface area contributed by atoms with Crippen LogP contribution in [0.4, 0.5) is 0 Å². The summed E-state index contributed by atoms with van der Waals surface area (Å²) in [7, 11) is -0.529. The first-order chi connectivity index (χ1) is 12.1. The van der Waals surface area contributed by atoms with Gasteiger partial charge in [0.25, 0.3) is 0 Å². The summed E-state index contributed by atoms with van der Waals surface area (Å²) in [6.45, 7) is 7.60. The number of carbonyl (C=O) groups is 1. The maximum Gasteiger partial charge on any atom is 0.337 e. The fourth-order valence-corrected chi connectivity index (χ4v) is 4.46. The van der Waals surface area contributed by atoms with E-state index in [4.69, 9.17) is 13.6 Å². The van der Waals surface area contributed by atoms with E-state index in [2.05, 4.69) is 13.5 Å². The van der Waals surface area contributed by atoms with Crippen molar-refractivity contribution in [3.63, 3.8) is 0 Å². The number of hydrogen-bond donors (Lipinski definition) is 0. The molecule has 5 heteroatoms. The minimum Gasteiger partial charge on any atom is -0.436 e. The van der Waals surface area contributed by atoms with E-state index in [0.717, 1.165) is 18.5 Å². The van der Waals surface area contributed by atoms with Crippen LogP contribution in [-0.2, 0) is 18.4 Å². The highest BCUT2D eigenvalue weighted by molar-refractivity contribution is 6.65. The molecule has 0 aromatic rings. The molecular formula is C20H40O4Si. The third-order valence-corrected chi connectivity index (χ3v) is 7.50. The summed E-state index contributed by atoms with van der Waals surface area (Å²) in [5.41, 5.74) is 0. The Morgan fingerprint density at radius 2 is 1.40 bits per heavy atom. The number of unbranched alkanes of at least 4 members (excludes halogenated alkanes) is 11. The number of carbonyl (C=O) groups excluding carboxylic acids is 1. The second kappa shape index (κ2) is 16.8. The van der Waals surface area contributed by atoms with Crippen molar-refractivity contribution in [2.24, 2.45) is 0 Å². The van der Waals surface area contributed by atoms with E-state index in [1.54, 1.807) is 7.11 Å². The van der Waals surface area contributed by atoms with Gasteiger partial charge in [-0.15, -0.1) is 0 Å². The van der Waals surface area contributed by atoms with Crippen LogP contribution in [0.25, 0.3) is 0 Å². The van der Waals surface area contributed by atoms with Crippen molar-refractivity contribution in [1.29, 1.82) is 0 Å². The Morgan fingerprint density at radius 1 is 0.920 bits per heavy atom. The first-order valence-corrected chi connectivity index (χ1v) is 12.6. The fourth-order valence-electron chi connectivity index (χ4n) is 2.79. The molecule has 0 aliphatic rings. The topological polar surface area (TPSA) is 44.8 Å². The lowest BCUT2D eigenvalue weighted by atomic mass is 10.1. The molecule has 0 bridgehead atoms. The van der Waals surface area contributed by atoms with Crippen LogP contribution in [0.15, 0.2) is 12.7 Å². The normalized spacial score (nSPS) is 13.4. The number of ether oxygens (including phenoxy) is 1. The molecule has 0 heterocycles. The molecule has 0 rings (SSSR count). The van der Waals surface area contributed by atoms with Crippen molar-refractivity contribution in [2.45, 2.75) is 96.6 Å². The molecule has 0 aliphatic carbocycles. The molecule has 0 saturated carbocycles. The summed E-state index contributed by atoms with van der Waals surface area (Å²) in [4.78, 5) is 11.0. The van der Waals surface area contributed by atoms with Crippen LogP contribution in [0.5, 0.6) is 0 Å². The van der Waals surface area contributed by atoms with Crippen molar-refractivity contribution < 1.29 is 18.4 Å². The molecule has 0 fully saturated rings. The third-order valence-electron chi connectivity index (χ3n) is 4.65. The summed E-state index contributed by atoms with van der Waals surface area (Å²) in [5.74, 6) is -0.460. The summed E-state index contributed by atoms with van der Waals surface area (Å²) < 4.78 is 16.1. The van der Waals surface area contributed by atoms with Crippen molar-refractivity contribution in [3.8, 4) is 0 Å². The highest BCUT2D eigenvalue weighted by Crippen LogP contribution is 2.19. The lowest BCUT2D eigenvalue weighted by Crippen LogP contribution is -2.38. The number of rotatable bonds is 18. The quantitative estimate of drug-likeness (QED) is 0.0957. The average molecular weight is 373 g/mol. The minimum absolute atomic E-state index is 0.0420. The standard InChI is InChI=1S/C20H40O4Si/c1-5-7-8-9-10-11-12-13-14-15-16-17-18-25(4,22-3)24-19-23-20(21)6-2/h6H,2,5,7-19H2,1,3-4H3. The maximum absolute atomic E-state index is 11.0. The fraction of sp³-hybridized carbons (Fsp3) is 0.850. The number of esters is 1. The highest BCUT2D eigenvalue weighted by Gasteiger charge is 2.29. The van der Waals surface area contributed by atoms with Crippen molar-refractivity contribution in [2.75, 3.05) is 13.9 Å². The summed E-state index contributed by atoms with van der Waals surface area (Å²) >= 11 is 0. The smallest absolute Gasteiger partial charge is 0.337 e. The van der Waals surface area contributed by atoms with E-state index in [0.29, 0.717) is 0 Å². The predicted octanol–water partition coefficient (Wildman–Crippen LogP) is 6.11. The van der Waals surface area contributed by atoms with Gasteiger partial charge in [-0.2, -0.15) is 0 Å². The Hall–Kier alpha value is -0.653. The van der Waals surface area contributed by atoms with E-state index in [-0.39, 0.29) is 6.79 Å². The van der Waals surface area contributed by atoms with Crippen molar-refractivity contribution >= 4 is 14.5 Å². The molecule has 0 spiro atoms. The number of hydrogen-bond acceptors (Lipinski definition) is 4. The SMILES string of the molecule is C=CC(=O)OCO[Si](C)(CCCCCCCCCCCCCC)OC. The van der Waals surface area contributed by atoms with Gasteiger partial charge < -0.3 is 13.6 Å². The zero-order valence-electron chi connectivity index (χ0n) is 16.8. The van der Waals surface area contributed by atoms with Crippen LogP contribution in [0.1, 0.15) is 84.0 Å². The Kier molecular flexibility index (Phi) is 16.4. The van der Waals surface area contributed by atoms with Gasteiger partial charge in [-0.05, 0) is 12.6 Å². The molecule has 148 valence electrons. The van der Waals surface area contributed by atoms with Crippen LogP contribution in [0.3, 0.4) is 0 Å². The van der Waals surface area contributed by atoms with E-state index < -0.39 is 14.5 Å². The molecular weight excluding hydrogens is 332 g/mol. The minimum atomic E-state index is -2.21. The Bertz CT molecular complexity index is 336. The van der Waals surface area contributed by atoms with Gasteiger partial charge >= 0.3 is 14.5 Å². The molecule has 1 atom stereocenters. The van der Waals surface area contributed by atoms with E-state index in [9.17, 15) is 4.79 Å². The zero-order chi connectivity index (χ0) is 18.8. The zero-order valence-corrected chi connectivity index (χ0v) is 17.8. The van der Waals surface area contributed by atoms with Gasteiger partial charge in [0.1, 0.15) is 0 Å². The van der Waals surface area contributed by atoms with Crippen LogP contribution >= 0.6 is 0 Å². The molecule has 0 saturated heterocycles. The van der Waals surface area contributed by atoms with Gasteiger partial charge in [0.05, 0.1) is 0 Å².